The summed E-state index contributed by atoms with van der Waals surface area (Å²) in [5, 5.41) is 2.88. The summed E-state index contributed by atoms with van der Waals surface area (Å²) < 4.78 is 25.8. The highest BCUT2D eigenvalue weighted by molar-refractivity contribution is 7.92. The van der Waals surface area contributed by atoms with E-state index >= 15 is 0 Å². The standard InChI is InChI=1S/C23H24N2O3S/c1-18-10-6-9-15-22(18)25(29(2,27)28)17-23(26)24-21-14-8-7-13-20(21)16-19-11-4-3-5-12-19/h3-15H,16-17H2,1-2H3,(H,24,26). The van der Waals surface area contributed by atoms with Gasteiger partial charge in [-0.1, -0.05) is 66.7 Å². The normalized spacial score (nSPS) is 11.1. The number of benzene rings is 3. The van der Waals surface area contributed by atoms with Gasteiger partial charge in [-0.3, -0.25) is 9.10 Å². The van der Waals surface area contributed by atoms with Crippen LogP contribution in [0, 0.1) is 6.92 Å². The molecule has 0 spiro atoms. The topological polar surface area (TPSA) is 66.5 Å². The van der Waals surface area contributed by atoms with Gasteiger partial charge in [-0.25, -0.2) is 8.42 Å². The summed E-state index contributed by atoms with van der Waals surface area (Å²) >= 11 is 0. The van der Waals surface area contributed by atoms with Crippen molar-refractivity contribution < 1.29 is 13.2 Å². The fourth-order valence-corrected chi connectivity index (χ4v) is 4.07. The predicted octanol–water partition coefficient (Wildman–Crippen LogP) is 3.99. The second kappa shape index (κ2) is 8.92. The minimum absolute atomic E-state index is 0.288. The van der Waals surface area contributed by atoms with Crippen LogP contribution >= 0.6 is 0 Å². The van der Waals surface area contributed by atoms with E-state index in [4.69, 9.17) is 0 Å². The Kier molecular flexibility index (Phi) is 6.34. The Hall–Kier alpha value is -3.12. The van der Waals surface area contributed by atoms with Crippen LogP contribution in [0.5, 0.6) is 0 Å². The van der Waals surface area contributed by atoms with Crippen LogP contribution < -0.4 is 9.62 Å². The molecule has 1 amide bonds. The Labute approximate surface area is 172 Å². The van der Waals surface area contributed by atoms with Crippen molar-refractivity contribution in [2.24, 2.45) is 0 Å². The molecule has 0 aromatic heterocycles. The van der Waals surface area contributed by atoms with Gasteiger partial charge in [-0.2, -0.15) is 0 Å². The molecule has 0 saturated carbocycles. The minimum atomic E-state index is -3.61. The third-order valence-corrected chi connectivity index (χ3v) is 5.73. The van der Waals surface area contributed by atoms with Crippen molar-refractivity contribution in [1.82, 2.24) is 0 Å². The zero-order chi connectivity index (χ0) is 20.9. The fourth-order valence-electron chi connectivity index (χ4n) is 3.16. The maximum absolute atomic E-state index is 12.7. The summed E-state index contributed by atoms with van der Waals surface area (Å²) in [6, 6.07) is 24.6. The molecule has 1 N–H and O–H groups in total. The zero-order valence-corrected chi connectivity index (χ0v) is 17.3. The molecule has 6 heteroatoms. The van der Waals surface area contributed by atoms with E-state index in [0.717, 1.165) is 27.3 Å². The number of carbonyl (C=O) groups is 1. The van der Waals surface area contributed by atoms with Crippen molar-refractivity contribution in [3.8, 4) is 0 Å². The van der Waals surface area contributed by atoms with Gasteiger partial charge in [0.25, 0.3) is 0 Å². The van der Waals surface area contributed by atoms with Gasteiger partial charge in [0.05, 0.1) is 11.9 Å². The van der Waals surface area contributed by atoms with E-state index in [1.54, 1.807) is 12.1 Å². The maximum atomic E-state index is 12.7. The zero-order valence-electron chi connectivity index (χ0n) is 16.5. The van der Waals surface area contributed by atoms with Gasteiger partial charge in [0.15, 0.2) is 0 Å². The lowest BCUT2D eigenvalue weighted by Gasteiger charge is -2.23. The summed E-state index contributed by atoms with van der Waals surface area (Å²) in [5.41, 5.74) is 4.07. The Bertz CT molecular complexity index is 1100. The van der Waals surface area contributed by atoms with Crippen molar-refractivity contribution in [2.45, 2.75) is 13.3 Å². The summed E-state index contributed by atoms with van der Waals surface area (Å²) in [6.45, 7) is 1.53. The molecule has 0 fully saturated rings. The average molecular weight is 409 g/mol. The second-order valence-electron chi connectivity index (χ2n) is 6.92. The molecule has 29 heavy (non-hydrogen) atoms. The molecular weight excluding hydrogens is 384 g/mol. The molecular formula is C23H24N2O3S. The first-order valence-corrected chi connectivity index (χ1v) is 11.1. The Morgan fingerprint density at radius 1 is 0.897 bits per heavy atom. The van der Waals surface area contributed by atoms with Crippen LogP contribution in [0.2, 0.25) is 0 Å². The number of rotatable bonds is 7. The molecule has 0 unspecified atom stereocenters. The van der Waals surface area contributed by atoms with Gasteiger partial charge >= 0.3 is 0 Å². The first kappa shape index (κ1) is 20.6. The molecule has 150 valence electrons. The van der Waals surface area contributed by atoms with E-state index in [9.17, 15) is 13.2 Å². The first-order chi connectivity index (χ1) is 13.8. The van der Waals surface area contributed by atoms with Crippen molar-refractivity contribution in [2.75, 3.05) is 22.4 Å². The number of nitrogens with zero attached hydrogens (tertiary/aromatic N) is 1. The van der Waals surface area contributed by atoms with E-state index < -0.39 is 10.0 Å². The number of para-hydroxylation sites is 2. The second-order valence-corrected chi connectivity index (χ2v) is 8.83. The molecule has 0 heterocycles. The van der Waals surface area contributed by atoms with Crippen molar-refractivity contribution >= 4 is 27.3 Å². The molecule has 0 aliphatic carbocycles. The number of carbonyl (C=O) groups excluding carboxylic acids is 1. The third kappa shape index (κ3) is 5.45. The molecule has 5 nitrogen and oxygen atoms in total. The predicted molar refractivity (Wildman–Crippen MR) is 118 cm³/mol. The van der Waals surface area contributed by atoms with Gasteiger partial charge in [0, 0.05) is 5.69 Å². The molecule has 3 aromatic rings. The number of sulfonamides is 1. The van der Waals surface area contributed by atoms with Gasteiger partial charge in [-0.15, -0.1) is 0 Å². The minimum Gasteiger partial charge on any atom is -0.324 e. The van der Waals surface area contributed by atoms with Gasteiger partial charge < -0.3 is 5.32 Å². The van der Waals surface area contributed by atoms with Crippen LogP contribution in [0.15, 0.2) is 78.9 Å². The average Bonchev–Trinajstić information content (AvgIpc) is 2.68. The fraction of sp³-hybridized carbons (Fsp3) is 0.174. The van der Waals surface area contributed by atoms with Gasteiger partial charge in [0.2, 0.25) is 15.9 Å². The Morgan fingerprint density at radius 3 is 2.21 bits per heavy atom. The molecule has 0 aliphatic heterocycles. The largest absolute Gasteiger partial charge is 0.324 e. The lowest BCUT2D eigenvalue weighted by molar-refractivity contribution is -0.114. The van der Waals surface area contributed by atoms with Crippen LogP contribution in [0.25, 0.3) is 0 Å². The van der Waals surface area contributed by atoms with Crippen LogP contribution in [0.1, 0.15) is 16.7 Å². The van der Waals surface area contributed by atoms with E-state index in [1.165, 1.54) is 0 Å². The van der Waals surface area contributed by atoms with Gasteiger partial charge in [-0.05, 0) is 42.2 Å². The van der Waals surface area contributed by atoms with Crippen LogP contribution in [0.4, 0.5) is 11.4 Å². The summed E-state index contributed by atoms with van der Waals surface area (Å²) in [4.78, 5) is 12.7. The Balaban J connectivity index is 1.80. The summed E-state index contributed by atoms with van der Waals surface area (Å²) in [5.74, 6) is -0.390. The number of amides is 1. The highest BCUT2D eigenvalue weighted by atomic mass is 32.2. The number of hydrogen-bond acceptors (Lipinski definition) is 3. The highest BCUT2D eigenvalue weighted by Gasteiger charge is 2.22. The first-order valence-electron chi connectivity index (χ1n) is 9.29. The monoisotopic (exact) mass is 408 g/mol. The molecule has 0 bridgehead atoms. The van der Waals surface area contributed by atoms with E-state index in [0.29, 0.717) is 17.8 Å². The number of hydrogen-bond donors (Lipinski definition) is 1. The SMILES string of the molecule is Cc1ccccc1N(CC(=O)Nc1ccccc1Cc1ccccc1)S(C)(=O)=O. The Morgan fingerprint density at radius 2 is 1.52 bits per heavy atom. The maximum Gasteiger partial charge on any atom is 0.245 e. The third-order valence-electron chi connectivity index (χ3n) is 4.60. The van der Waals surface area contributed by atoms with Crippen LogP contribution in [-0.2, 0) is 21.2 Å². The smallest absolute Gasteiger partial charge is 0.245 e. The molecule has 0 aliphatic rings. The van der Waals surface area contributed by atoms with Crippen LogP contribution in [-0.4, -0.2) is 27.1 Å². The van der Waals surface area contributed by atoms with E-state index in [2.05, 4.69) is 5.32 Å². The number of aryl methyl sites for hydroxylation is 1. The molecule has 0 radical (unpaired) electrons. The number of anilines is 2. The van der Waals surface area contributed by atoms with E-state index in [1.807, 2.05) is 73.7 Å². The molecule has 3 aromatic carbocycles. The highest BCUT2D eigenvalue weighted by Crippen LogP contribution is 2.23. The summed E-state index contributed by atoms with van der Waals surface area (Å²) in [6.07, 6.45) is 1.78. The quantitative estimate of drug-likeness (QED) is 0.643. The van der Waals surface area contributed by atoms with Crippen molar-refractivity contribution in [3.63, 3.8) is 0 Å². The van der Waals surface area contributed by atoms with Crippen molar-refractivity contribution in [1.29, 1.82) is 0 Å². The lowest BCUT2D eigenvalue weighted by Crippen LogP contribution is -2.38. The summed E-state index contributed by atoms with van der Waals surface area (Å²) in [7, 11) is -3.61. The lowest BCUT2D eigenvalue weighted by atomic mass is 10.0. The number of nitrogens with one attached hydrogen (secondary N) is 1. The molecule has 0 saturated heterocycles. The molecule has 0 atom stereocenters. The van der Waals surface area contributed by atoms with Crippen LogP contribution in [0.3, 0.4) is 0 Å². The molecule has 3 rings (SSSR count). The van der Waals surface area contributed by atoms with Gasteiger partial charge in [0.1, 0.15) is 6.54 Å². The van der Waals surface area contributed by atoms with Crippen molar-refractivity contribution in [3.05, 3.63) is 95.6 Å². The van der Waals surface area contributed by atoms with E-state index in [-0.39, 0.29) is 12.5 Å².